The van der Waals surface area contributed by atoms with E-state index in [4.69, 9.17) is 0 Å². The number of hydrogen-bond donors (Lipinski definition) is 1. The van der Waals surface area contributed by atoms with Gasteiger partial charge in [-0.05, 0) is 50.2 Å². The summed E-state index contributed by atoms with van der Waals surface area (Å²) in [5.74, 6) is 0.534. The van der Waals surface area contributed by atoms with Gasteiger partial charge in [-0.25, -0.2) is 4.98 Å². The van der Waals surface area contributed by atoms with Crippen molar-refractivity contribution in [2.24, 2.45) is 0 Å². The largest absolute Gasteiger partial charge is 0.309 e. The lowest BCUT2D eigenvalue weighted by atomic mass is 9.49. The summed E-state index contributed by atoms with van der Waals surface area (Å²) in [5, 5.41) is 8.29. The number of anilines is 1. The molecule has 0 bridgehead atoms. The molecular weight excluding hydrogens is 361 g/mol. The molecule has 1 N–H and O–H groups in total. The number of carbonyl (C=O) groups excluding carboxylic acids is 1. The van der Waals surface area contributed by atoms with Crippen LogP contribution >= 0.6 is 0 Å². The fraction of sp³-hybridized carbons (Fsp3) is 0.368. The molecule has 4 rings (SSSR count). The average molecular weight is 386 g/mol. The van der Waals surface area contributed by atoms with Crippen LogP contribution in [0, 0.1) is 0 Å². The third-order valence-electron chi connectivity index (χ3n) is 5.49. The molecule has 3 aromatic rings. The van der Waals surface area contributed by atoms with Gasteiger partial charge in [-0.15, -0.1) is 0 Å². The fourth-order valence-electron chi connectivity index (χ4n) is 3.62. The van der Waals surface area contributed by atoms with Crippen LogP contribution < -0.4 is 5.32 Å². The number of hydrogen-bond acceptors (Lipinski definition) is 5. The maximum absolute atomic E-state index is 12.6. The molecule has 1 fully saturated rings. The van der Waals surface area contributed by atoms with Crippen molar-refractivity contribution in [3.63, 3.8) is 0 Å². The first-order valence-electron chi connectivity index (χ1n) is 10.2. The van der Waals surface area contributed by atoms with Crippen LogP contribution in [0.5, 0.6) is 0 Å². The van der Waals surface area contributed by atoms with E-state index in [1.165, 1.54) is 0 Å². The van der Waals surface area contributed by atoms with E-state index in [1.807, 2.05) is 36.3 Å². The summed E-state index contributed by atoms with van der Waals surface area (Å²) in [7, 11) is 6.35. The van der Waals surface area contributed by atoms with Gasteiger partial charge in [-0.2, -0.15) is 5.10 Å². The molecule has 10 heteroatoms. The van der Waals surface area contributed by atoms with Crippen molar-refractivity contribution < 1.29 is 4.79 Å². The molecule has 3 aromatic heterocycles. The van der Waals surface area contributed by atoms with Crippen molar-refractivity contribution in [1.29, 1.82) is 0 Å². The zero-order valence-electron chi connectivity index (χ0n) is 17.5. The lowest BCUT2D eigenvalue weighted by Crippen LogP contribution is -2.40. The topological polar surface area (TPSA) is 75.9 Å². The average Bonchev–Trinajstić information content (AvgIpc) is 3.38. The highest BCUT2D eigenvalue weighted by Gasteiger charge is 2.24. The van der Waals surface area contributed by atoms with Crippen molar-refractivity contribution in [3.8, 4) is 11.1 Å². The number of aromatic nitrogens is 4. The number of likely N-dealkylation sites (tertiary alicyclic amines) is 1. The number of amides is 1. The highest BCUT2D eigenvalue weighted by molar-refractivity contribution is 6.56. The lowest BCUT2D eigenvalue weighted by Gasteiger charge is -2.22. The second-order valence-electron chi connectivity index (χ2n) is 8.74. The van der Waals surface area contributed by atoms with Gasteiger partial charge in [0.15, 0.2) is 0 Å². The van der Waals surface area contributed by atoms with Gasteiger partial charge >= 0.3 is 0 Å². The van der Waals surface area contributed by atoms with Crippen LogP contribution in [-0.2, 0) is 10.0 Å². The Morgan fingerprint density at radius 3 is 2.55 bits per heavy atom. The van der Waals surface area contributed by atoms with E-state index in [1.54, 1.807) is 6.20 Å². The number of carbonyl (C=O) groups is 1. The van der Waals surface area contributed by atoms with Crippen LogP contribution in [0.25, 0.3) is 22.0 Å². The lowest BCUT2D eigenvalue weighted by molar-refractivity contribution is -0.120. The number of rotatable bonds is 5. The summed E-state index contributed by atoms with van der Waals surface area (Å²) < 4.78 is 1.95. The molecule has 0 saturated carbocycles. The van der Waals surface area contributed by atoms with Crippen molar-refractivity contribution in [2.45, 2.75) is 31.0 Å². The smallest absolute Gasteiger partial charge is 0.242 e. The maximum atomic E-state index is 12.6. The third-order valence-corrected chi connectivity index (χ3v) is 5.49. The highest BCUT2D eigenvalue weighted by Crippen LogP contribution is 2.24. The highest BCUT2D eigenvalue weighted by atomic mass is 16.2. The van der Waals surface area contributed by atoms with Gasteiger partial charge in [0.1, 0.15) is 29.4 Å². The van der Waals surface area contributed by atoms with Gasteiger partial charge in [-0.1, -0.05) is 0 Å². The zero-order chi connectivity index (χ0) is 20.6. The van der Waals surface area contributed by atoms with Crippen LogP contribution in [0.1, 0.15) is 19.8 Å². The first-order valence-corrected chi connectivity index (χ1v) is 10.2. The molecule has 7 nitrogen and oxygen atoms in total. The van der Waals surface area contributed by atoms with Crippen LogP contribution in [-0.4, -0.2) is 73.2 Å². The Bertz CT molecular complexity index is 1040. The summed E-state index contributed by atoms with van der Waals surface area (Å²) in [6.45, 7) is 3.92. The summed E-state index contributed by atoms with van der Waals surface area (Å²) in [4.78, 5) is 23.7. The minimum Gasteiger partial charge on any atom is -0.309 e. The standard InChI is InChI=1S/C19H25B3N6O/c1-12(27-4-2-3-5-27)18(29)26-17-7-13-6-14(8-23-16(13)10-24-17)15-9-25-28(11-15)19(20,21)22/h6-12H,2-5,20-22H2,1H3,(H,24,26,29)/t12-/m0/s1. The molecule has 0 radical (unpaired) electrons. The van der Waals surface area contributed by atoms with Crippen molar-refractivity contribution in [3.05, 3.63) is 36.9 Å². The van der Waals surface area contributed by atoms with E-state index in [0.29, 0.717) is 5.82 Å². The van der Waals surface area contributed by atoms with E-state index in [2.05, 4.69) is 54.9 Å². The Morgan fingerprint density at radius 1 is 1.10 bits per heavy atom. The number of nitrogens with one attached hydrogen (secondary N) is 1. The van der Waals surface area contributed by atoms with Crippen LogP contribution in [0.15, 0.2) is 36.9 Å². The molecule has 146 valence electrons. The van der Waals surface area contributed by atoms with E-state index in [0.717, 1.165) is 48.0 Å². The van der Waals surface area contributed by atoms with Crippen LogP contribution in [0.4, 0.5) is 5.82 Å². The minimum absolute atomic E-state index is 0.0192. The predicted molar refractivity (Wildman–Crippen MR) is 123 cm³/mol. The molecule has 0 unspecified atom stereocenters. The second-order valence-corrected chi connectivity index (χ2v) is 8.74. The zero-order valence-corrected chi connectivity index (χ0v) is 17.5. The Kier molecular flexibility index (Phi) is 5.21. The van der Waals surface area contributed by atoms with Gasteiger partial charge < -0.3 is 5.32 Å². The molecular formula is C19H25B3N6O. The molecule has 0 spiro atoms. The van der Waals surface area contributed by atoms with Gasteiger partial charge in [0, 0.05) is 28.9 Å². The molecule has 1 amide bonds. The first-order chi connectivity index (χ1) is 13.8. The maximum Gasteiger partial charge on any atom is 0.242 e. The monoisotopic (exact) mass is 386 g/mol. The number of pyridine rings is 2. The minimum atomic E-state index is -0.150. The Balaban J connectivity index is 1.56. The molecule has 1 atom stereocenters. The van der Waals surface area contributed by atoms with Gasteiger partial charge in [0.25, 0.3) is 0 Å². The Morgan fingerprint density at radius 2 is 1.86 bits per heavy atom. The van der Waals surface area contributed by atoms with E-state index < -0.39 is 0 Å². The van der Waals surface area contributed by atoms with Crippen LogP contribution in [0.3, 0.4) is 0 Å². The van der Waals surface area contributed by atoms with E-state index in [9.17, 15) is 4.79 Å². The fourth-order valence-corrected chi connectivity index (χ4v) is 3.62. The molecule has 1 aliphatic heterocycles. The SMILES string of the molecule is BC(B)(B)n1cc(-c2cnc3cnc(NC(=O)[C@H](C)N4CCCC4)cc3c2)cn1. The summed E-state index contributed by atoms with van der Waals surface area (Å²) in [6, 6.07) is 3.80. The van der Waals surface area contributed by atoms with Gasteiger partial charge in [0.05, 0.1) is 24.0 Å². The molecule has 1 saturated heterocycles. The van der Waals surface area contributed by atoms with Crippen molar-refractivity contribution >= 4 is 46.2 Å². The molecule has 4 heterocycles. The summed E-state index contributed by atoms with van der Waals surface area (Å²) in [6.07, 6.45) is 9.74. The predicted octanol–water partition coefficient (Wildman–Crippen LogP) is -0.617. The summed E-state index contributed by atoms with van der Waals surface area (Å²) in [5.41, 5.74) is 2.80. The second kappa shape index (κ2) is 7.67. The molecule has 29 heavy (non-hydrogen) atoms. The normalized spacial score (nSPS) is 16.2. The first kappa shape index (κ1) is 19.7. The number of nitrogens with zero attached hydrogens (tertiary/aromatic N) is 5. The number of fused-ring (bicyclic) bond motifs is 1. The van der Waals surface area contributed by atoms with Crippen LogP contribution in [0.2, 0.25) is 0 Å². The van der Waals surface area contributed by atoms with Gasteiger partial charge in [-0.3, -0.25) is 19.4 Å². The quantitative estimate of drug-likeness (QED) is 0.593. The summed E-state index contributed by atoms with van der Waals surface area (Å²) >= 11 is 0. The molecule has 0 aliphatic carbocycles. The van der Waals surface area contributed by atoms with E-state index in [-0.39, 0.29) is 17.2 Å². The Hall–Kier alpha value is -2.61. The van der Waals surface area contributed by atoms with Crippen molar-refractivity contribution in [2.75, 3.05) is 18.4 Å². The van der Waals surface area contributed by atoms with Gasteiger partial charge in [0.2, 0.25) is 5.91 Å². The molecule has 1 aliphatic rings. The van der Waals surface area contributed by atoms with Crippen molar-refractivity contribution in [1.82, 2.24) is 24.6 Å². The third kappa shape index (κ3) is 4.22. The Labute approximate surface area is 173 Å². The molecule has 0 aromatic carbocycles. The van der Waals surface area contributed by atoms with E-state index >= 15 is 0 Å².